The average molecular weight is 424 g/mol. The van der Waals surface area contributed by atoms with Crippen LogP contribution in [0.3, 0.4) is 0 Å². The summed E-state index contributed by atoms with van der Waals surface area (Å²) < 4.78 is 28.3. The van der Waals surface area contributed by atoms with Gasteiger partial charge in [0.05, 0.1) is 0 Å². The summed E-state index contributed by atoms with van der Waals surface area (Å²) in [5.41, 5.74) is 4.90. The molecule has 1 heterocycles. The minimum absolute atomic E-state index is 0.0648. The fourth-order valence-electron chi connectivity index (χ4n) is 3.22. The molecule has 8 nitrogen and oxygen atoms in total. The number of anilines is 2. The highest BCUT2D eigenvalue weighted by Gasteiger charge is 2.25. The lowest BCUT2D eigenvalue weighted by Gasteiger charge is -2.23. The number of likely N-dealkylation sites (N-methyl/N-ethyl adjacent to an activating group) is 1. The molecule has 0 aliphatic carbocycles. The lowest BCUT2D eigenvalue weighted by Crippen LogP contribution is -2.87. The number of carbonyl (C=O) groups excluding carboxylic acids is 1. The molecule has 0 aliphatic rings. The number of nitrogen functional groups attached to an aromatic ring is 1. The van der Waals surface area contributed by atoms with Crippen LogP contribution >= 0.6 is 0 Å². The molecule has 1 atom stereocenters. The number of unbranched alkanes of at least 4 members (excludes halogenated alkanes) is 1. The predicted octanol–water partition coefficient (Wildman–Crippen LogP) is 0.875. The van der Waals surface area contributed by atoms with Gasteiger partial charge >= 0.3 is 5.69 Å². The molecule has 2 aromatic rings. The van der Waals surface area contributed by atoms with Crippen LogP contribution in [0, 0.1) is 11.6 Å². The first kappa shape index (κ1) is 23.3. The predicted molar refractivity (Wildman–Crippen MR) is 110 cm³/mol. The molecule has 1 aromatic heterocycles. The van der Waals surface area contributed by atoms with E-state index in [1.807, 2.05) is 6.92 Å². The number of aromatic nitrogens is 2. The quantitative estimate of drug-likeness (QED) is 0.554. The van der Waals surface area contributed by atoms with Crippen LogP contribution in [-0.2, 0) is 11.3 Å². The van der Waals surface area contributed by atoms with Gasteiger partial charge in [0.2, 0.25) is 0 Å². The summed E-state index contributed by atoms with van der Waals surface area (Å²) in [5.74, 6) is -1.86. The average Bonchev–Trinajstić information content (AvgIpc) is 2.68. The van der Waals surface area contributed by atoms with Gasteiger partial charge in [-0.15, -0.1) is 0 Å². The maximum Gasteiger partial charge on any atom is 0.330 e. The van der Waals surface area contributed by atoms with Crippen molar-refractivity contribution in [2.45, 2.75) is 46.2 Å². The van der Waals surface area contributed by atoms with Crippen molar-refractivity contribution >= 4 is 17.4 Å². The molecule has 0 unspecified atom stereocenters. The fraction of sp³-hybridized carbons (Fsp3) is 0.450. The Morgan fingerprint density at radius 3 is 2.60 bits per heavy atom. The maximum absolute atomic E-state index is 14.0. The monoisotopic (exact) mass is 424 g/mol. The van der Waals surface area contributed by atoms with E-state index in [-0.39, 0.29) is 30.2 Å². The van der Waals surface area contributed by atoms with E-state index < -0.39 is 34.8 Å². The van der Waals surface area contributed by atoms with Crippen molar-refractivity contribution < 1.29 is 18.9 Å². The summed E-state index contributed by atoms with van der Waals surface area (Å²) in [7, 11) is 0. The number of nitrogens with two attached hydrogens (primary N) is 2. The van der Waals surface area contributed by atoms with Crippen molar-refractivity contribution in [1.82, 2.24) is 9.55 Å². The van der Waals surface area contributed by atoms with E-state index in [0.29, 0.717) is 13.0 Å². The van der Waals surface area contributed by atoms with Gasteiger partial charge < -0.3 is 11.1 Å². The van der Waals surface area contributed by atoms with Crippen molar-refractivity contribution in [3.63, 3.8) is 0 Å². The number of benzene rings is 1. The summed E-state index contributed by atoms with van der Waals surface area (Å²) in [6.07, 6.45) is 1.51. The Hall–Kier alpha value is -3.01. The highest BCUT2D eigenvalue weighted by Crippen LogP contribution is 2.17. The Kier molecular flexibility index (Phi) is 7.87. The van der Waals surface area contributed by atoms with Crippen molar-refractivity contribution in [3.8, 4) is 0 Å². The molecule has 0 spiro atoms. The Bertz CT molecular complexity index is 1020. The third-order valence-corrected chi connectivity index (χ3v) is 4.94. The lowest BCUT2D eigenvalue weighted by molar-refractivity contribution is -0.682. The lowest BCUT2D eigenvalue weighted by atomic mass is 10.1. The van der Waals surface area contributed by atoms with E-state index in [0.717, 1.165) is 18.6 Å². The molecule has 5 N–H and O–H groups in total. The Labute approximate surface area is 172 Å². The molecule has 0 bridgehead atoms. The number of quaternary nitrogens is 1. The summed E-state index contributed by atoms with van der Waals surface area (Å²) in [5, 5.41) is 1.58. The summed E-state index contributed by atoms with van der Waals surface area (Å²) in [4.78, 5) is 40.7. The molecule has 1 aromatic carbocycles. The second-order valence-electron chi connectivity index (χ2n) is 7.03. The zero-order valence-electron chi connectivity index (χ0n) is 17.4. The molecule has 164 valence electrons. The molecular formula is C20H28F2N5O3+. The van der Waals surface area contributed by atoms with Crippen molar-refractivity contribution in [1.29, 1.82) is 0 Å². The first-order valence-electron chi connectivity index (χ1n) is 9.92. The standard InChI is InChI=1S/C20H27F2N5O3/c1-4-6-9-27-18(23)17(19(29)25-20(27)30)26(5-2)16(28)11-24-12(3)14-8-7-13(21)10-15(14)22/h7-8,10,12,24H,4-6,9,11,23H2,1-3H3,(H,25,29,30)/p+1/t12-/m0/s1. The van der Waals surface area contributed by atoms with Crippen molar-refractivity contribution in [2.75, 3.05) is 23.7 Å². The van der Waals surface area contributed by atoms with Crippen LogP contribution in [0.5, 0.6) is 0 Å². The molecule has 10 heteroatoms. The van der Waals surface area contributed by atoms with Gasteiger partial charge in [-0.3, -0.25) is 24.0 Å². The minimum atomic E-state index is -0.738. The number of aromatic amines is 1. The van der Waals surface area contributed by atoms with Crippen LogP contribution in [-0.4, -0.2) is 28.5 Å². The molecule has 0 saturated carbocycles. The summed E-state index contributed by atoms with van der Waals surface area (Å²) in [6, 6.07) is 2.82. The number of hydrogen-bond donors (Lipinski definition) is 3. The van der Waals surface area contributed by atoms with Gasteiger partial charge in [-0.25, -0.2) is 13.6 Å². The highest BCUT2D eigenvalue weighted by atomic mass is 19.1. The number of nitrogens with one attached hydrogen (secondary N) is 1. The van der Waals surface area contributed by atoms with E-state index >= 15 is 0 Å². The summed E-state index contributed by atoms with van der Waals surface area (Å²) >= 11 is 0. The van der Waals surface area contributed by atoms with E-state index in [2.05, 4.69) is 4.98 Å². The normalized spacial score (nSPS) is 12.0. The number of carbonyl (C=O) groups is 1. The number of nitrogens with zero attached hydrogens (tertiary/aromatic N) is 2. The topological polar surface area (TPSA) is 118 Å². The molecule has 0 saturated heterocycles. The van der Waals surface area contributed by atoms with Gasteiger partial charge in [0.25, 0.3) is 11.5 Å². The molecular weight excluding hydrogens is 396 g/mol. The number of halogens is 2. The molecule has 0 fully saturated rings. The molecule has 0 aliphatic heterocycles. The highest BCUT2D eigenvalue weighted by molar-refractivity contribution is 5.96. The number of H-pyrrole nitrogens is 1. The van der Waals surface area contributed by atoms with E-state index in [4.69, 9.17) is 5.73 Å². The van der Waals surface area contributed by atoms with Crippen LogP contribution in [0.4, 0.5) is 20.3 Å². The van der Waals surface area contributed by atoms with Crippen LogP contribution in [0.1, 0.15) is 45.2 Å². The first-order valence-corrected chi connectivity index (χ1v) is 9.92. The van der Waals surface area contributed by atoms with Crippen molar-refractivity contribution in [3.05, 3.63) is 56.2 Å². The van der Waals surface area contributed by atoms with Gasteiger partial charge in [0, 0.05) is 24.7 Å². The van der Waals surface area contributed by atoms with Crippen LogP contribution in [0.2, 0.25) is 0 Å². The zero-order valence-corrected chi connectivity index (χ0v) is 17.4. The SMILES string of the molecule is CCCCn1c(N)c(N(CC)C(=O)C[NH2+][C@@H](C)c2ccc(F)cc2F)c(=O)[nH]c1=O. The van der Waals surface area contributed by atoms with Crippen LogP contribution in [0.25, 0.3) is 0 Å². The first-order chi connectivity index (χ1) is 14.2. The maximum atomic E-state index is 14.0. The number of amides is 1. The van der Waals surface area contributed by atoms with Crippen molar-refractivity contribution in [2.24, 2.45) is 0 Å². The fourth-order valence-corrected chi connectivity index (χ4v) is 3.22. The van der Waals surface area contributed by atoms with Gasteiger partial charge in [-0.05, 0) is 32.4 Å². The Balaban J connectivity index is 2.24. The van der Waals surface area contributed by atoms with Crippen LogP contribution in [0.15, 0.2) is 27.8 Å². The number of rotatable bonds is 9. The van der Waals surface area contributed by atoms with Gasteiger partial charge in [-0.1, -0.05) is 13.3 Å². The third kappa shape index (κ3) is 5.12. The minimum Gasteiger partial charge on any atom is -0.383 e. The smallest absolute Gasteiger partial charge is 0.330 e. The van der Waals surface area contributed by atoms with E-state index in [1.165, 1.54) is 15.5 Å². The van der Waals surface area contributed by atoms with Gasteiger partial charge in [-0.2, -0.15) is 0 Å². The van der Waals surface area contributed by atoms with E-state index in [1.54, 1.807) is 19.2 Å². The molecule has 1 amide bonds. The largest absolute Gasteiger partial charge is 0.383 e. The second kappa shape index (κ2) is 10.1. The molecule has 2 rings (SSSR count). The summed E-state index contributed by atoms with van der Waals surface area (Å²) in [6.45, 7) is 5.71. The molecule has 0 radical (unpaired) electrons. The Morgan fingerprint density at radius 2 is 2.00 bits per heavy atom. The zero-order chi connectivity index (χ0) is 22.4. The van der Waals surface area contributed by atoms with Gasteiger partial charge in [0.1, 0.15) is 23.5 Å². The Morgan fingerprint density at radius 1 is 1.30 bits per heavy atom. The molecule has 30 heavy (non-hydrogen) atoms. The second-order valence-corrected chi connectivity index (χ2v) is 7.03. The third-order valence-electron chi connectivity index (χ3n) is 4.94. The van der Waals surface area contributed by atoms with Crippen LogP contribution < -0.4 is 27.2 Å². The van der Waals surface area contributed by atoms with E-state index in [9.17, 15) is 23.2 Å². The van der Waals surface area contributed by atoms with Gasteiger partial charge in [0.15, 0.2) is 12.2 Å². The number of hydrogen-bond acceptors (Lipinski definition) is 4.